The van der Waals surface area contributed by atoms with Crippen LogP contribution >= 0.6 is 0 Å². The fraction of sp³-hybridized carbons (Fsp3) is 0.867. The molecule has 2 aliphatic heterocycles. The van der Waals surface area contributed by atoms with Crippen molar-refractivity contribution in [2.45, 2.75) is 63.1 Å². The number of carbonyl (C=O) groups excluding carboxylic acids is 2. The van der Waals surface area contributed by atoms with Crippen molar-refractivity contribution >= 4 is 11.9 Å². The minimum Gasteiger partial charge on any atom is -0.396 e. The largest absolute Gasteiger partial charge is 0.396 e. The van der Waals surface area contributed by atoms with Crippen LogP contribution in [0.5, 0.6) is 0 Å². The van der Waals surface area contributed by atoms with Crippen molar-refractivity contribution in [2.75, 3.05) is 19.8 Å². The van der Waals surface area contributed by atoms with Crippen molar-refractivity contribution in [1.29, 1.82) is 0 Å². The van der Waals surface area contributed by atoms with Crippen LogP contribution in [0.4, 0.5) is 0 Å². The molecule has 2 atom stereocenters. The Labute approximate surface area is 134 Å². The third-order valence-corrected chi connectivity index (χ3v) is 3.61. The molecular weight excluding hydrogens is 308 g/mol. The lowest BCUT2D eigenvalue weighted by atomic mass is 10.1. The molecule has 8 nitrogen and oxygen atoms in total. The Morgan fingerprint density at radius 3 is 1.78 bits per heavy atom. The van der Waals surface area contributed by atoms with Crippen molar-refractivity contribution in [1.82, 2.24) is 0 Å². The number of carbonyl (C=O) groups is 2. The predicted molar refractivity (Wildman–Crippen MR) is 76.0 cm³/mol. The van der Waals surface area contributed by atoms with E-state index in [9.17, 15) is 14.7 Å². The van der Waals surface area contributed by atoms with E-state index in [1.807, 2.05) is 0 Å². The van der Waals surface area contributed by atoms with Crippen LogP contribution in [-0.2, 0) is 28.5 Å². The summed E-state index contributed by atoms with van der Waals surface area (Å²) in [6.45, 7) is 0.692. The molecule has 0 bridgehead atoms. The van der Waals surface area contributed by atoms with Crippen LogP contribution in [0.15, 0.2) is 0 Å². The number of ether oxygens (including phenoxy) is 4. The van der Waals surface area contributed by atoms with Gasteiger partial charge in [0.1, 0.15) is 0 Å². The second-order valence-electron chi connectivity index (χ2n) is 5.79. The Kier molecular flexibility index (Phi) is 6.76. The summed E-state index contributed by atoms with van der Waals surface area (Å²) in [6.07, 6.45) is 3.59. The highest BCUT2D eigenvalue weighted by Gasteiger charge is 2.45. The summed E-state index contributed by atoms with van der Waals surface area (Å²) in [5, 5.41) is 19.0. The molecular formula is C15H24O8. The molecule has 132 valence electrons. The van der Waals surface area contributed by atoms with Gasteiger partial charge in [0, 0.05) is 6.61 Å². The van der Waals surface area contributed by atoms with Gasteiger partial charge in [-0.2, -0.15) is 0 Å². The smallest absolute Gasteiger partial charge is 0.373 e. The maximum absolute atomic E-state index is 11.6. The van der Waals surface area contributed by atoms with Gasteiger partial charge in [-0.25, -0.2) is 9.59 Å². The van der Waals surface area contributed by atoms with E-state index in [1.165, 1.54) is 0 Å². The molecule has 2 rings (SSSR count). The summed E-state index contributed by atoms with van der Waals surface area (Å²) in [5.74, 6) is -3.74. The molecule has 2 saturated heterocycles. The second kappa shape index (κ2) is 8.58. The Balaban J connectivity index is 1.72. The van der Waals surface area contributed by atoms with Crippen molar-refractivity contribution in [3.63, 3.8) is 0 Å². The lowest BCUT2D eigenvalue weighted by Gasteiger charge is -2.26. The van der Waals surface area contributed by atoms with Crippen LogP contribution in [0.3, 0.4) is 0 Å². The van der Waals surface area contributed by atoms with Crippen molar-refractivity contribution < 1.29 is 38.7 Å². The standard InChI is InChI=1S/C15H24O8/c16-8-6-4-2-1-3-5-7-15(19,22-13(17)11-9-20-11)23-14(18)12-10-21-12/h11-12,16,19H,1-10H2. The molecule has 2 fully saturated rings. The minimum absolute atomic E-state index is 0.00389. The number of hydrogen-bond donors (Lipinski definition) is 2. The Morgan fingerprint density at radius 1 is 0.913 bits per heavy atom. The quantitative estimate of drug-likeness (QED) is 0.226. The van der Waals surface area contributed by atoms with E-state index in [2.05, 4.69) is 0 Å². The summed E-state index contributed by atoms with van der Waals surface area (Å²) in [6, 6.07) is 0. The molecule has 8 heteroatoms. The van der Waals surface area contributed by atoms with Gasteiger partial charge in [0.15, 0.2) is 12.2 Å². The molecule has 0 saturated carbocycles. The molecule has 2 heterocycles. The molecule has 0 aromatic rings. The first kappa shape index (κ1) is 18.1. The molecule has 2 N–H and O–H groups in total. The van der Waals surface area contributed by atoms with Gasteiger partial charge in [0.05, 0.1) is 19.6 Å². The number of unbranched alkanes of at least 4 members (excludes halogenated alkanes) is 5. The number of epoxide rings is 2. The minimum atomic E-state index is -2.27. The third kappa shape index (κ3) is 6.82. The van der Waals surface area contributed by atoms with E-state index in [-0.39, 0.29) is 26.2 Å². The molecule has 0 spiro atoms. The van der Waals surface area contributed by atoms with Gasteiger partial charge in [-0.3, -0.25) is 0 Å². The molecule has 0 amide bonds. The Morgan fingerprint density at radius 2 is 1.35 bits per heavy atom. The lowest BCUT2D eigenvalue weighted by molar-refractivity contribution is -0.329. The number of rotatable bonds is 12. The highest BCUT2D eigenvalue weighted by Crippen LogP contribution is 2.25. The average molecular weight is 332 g/mol. The maximum Gasteiger partial charge on any atom is 0.373 e. The van der Waals surface area contributed by atoms with E-state index in [4.69, 9.17) is 24.1 Å². The van der Waals surface area contributed by atoms with Gasteiger partial charge in [0.2, 0.25) is 0 Å². The Hall–Kier alpha value is -1.22. The van der Waals surface area contributed by atoms with Gasteiger partial charge in [-0.15, -0.1) is 0 Å². The summed E-state index contributed by atoms with van der Waals surface area (Å²) < 4.78 is 19.4. The lowest BCUT2D eigenvalue weighted by Crippen LogP contribution is -2.42. The normalized spacial score (nSPS) is 24.6. The summed E-state index contributed by atoms with van der Waals surface area (Å²) in [4.78, 5) is 23.3. The van der Waals surface area contributed by atoms with Gasteiger partial charge in [-0.1, -0.05) is 25.7 Å². The summed E-state index contributed by atoms with van der Waals surface area (Å²) >= 11 is 0. The van der Waals surface area contributed by atoms with Gasteiger partial charge < -0.3 is 29.2 Å². The number of aliphatic hydroxyl groups excluding tert-OH is 1. The van der Waals surface area contributed by atoms with Gasteiger partial charge >= 0.3 is 17.9 Å². The Bertz CT molecular complexity index is 376. The third-order valence-electron chi connectivity index (χ3n) is 3.61. The van der Waals surface area contributed by atoms with Crippen LogP contribution in [0, 0.1) is 0 Å². The topological polar surface area (TPSA) is 118 Å². The fourth-order valence-electron chi connectivity index (χ4n) is 2.10. The van der Waals surface area contributed by atoms with Crippen LogP contribution in [0.25, 0.3) is 0 Å². The van der Waals surface area contributed by atoms with Crippen LogP contribution < -0.4 is 0 Å². The van der Waals surface area contributed by atoms with E-state index < -0.39 is 30.1 Å². The number of esters is 2. The molecule has 23 heavy (non-hydrogen) atoms. The fourth-order valence-corrected chi connectivity index (χ4v) is 2.10. The van der Waals surface area contributed by atoms with Crippen LogP contribution in [-0.4, -0.2) is 60.2 Å². The van der Waals surface area contributed by atoms with Crippen molar-refractivity contribution in [2.24, 2.45) is 0 Å². The molecule has 0 aromatic carbocycles. The number of hydrogen-bond acceptors (Lipinski definition) is 8. The average Bonchev–Trinajstić information content (AvgIpc) is 3.39. The number of aliphatic hydroxyl groups is 2. The summed E-state index contributed by atoms with van der Waals surface area (Å²) in [5.41, 5.74) is 0. The van der Waals surface area contributed by atoms with E-state index in [0.29, 0.717) is 6.42 Å². The first-order chi connectivity index (χ1) is 11.0. The second-order valence-corrected chi connectivity index (χ2v) is 5.79. The van der Waals surface area contributed by atoms with Crippen LogP contribution in [0.2, 0.25) is 0 Å². The highest BCUT2D eigenvalue weighted by atomic mass is 16.8. The van der Waals surface area contributed by atoms with Crippen molar-refractivity contribution in [3.05, 3.63) is 0 Å². The zero-order chi connectivity index (χ0) is 16.7. The predicted octanol–water partition coefficient (Wildman–Crippen LogP) is 0.239. The molecule has 2 unspecified atom stereocenters. The first-order valence-corrected chi connectivity index (χ1v) is 8.06. The van der Waals surface area contributed by atoms with Crippen LogP contribution in [0.1, 0.15) is 44.9 Å². The van der Waals surface area contributed by atoms with Gasteiger partial charge in [-0.05, 0) is 12.8 Å². The monoisotopic (exact) mass is 332 g/mol. The first-order valence-electron chi connectivity index (χ1n) is 8.06. The molecule has 0 radical (unpaired) electrons. The zero-order valence-corrected chi connectivity index (χ0v) is 13.1. The SMILES string of the molecule is O=C(OC(O)(CCCCCCCCO)OC(=O)C1CO1)C1CO1. The maximum atomic E-state index is 11.6. The zero-order valence-electron chi connectivity index (χ0n) is 13.1. The molecule has 2 aliphatic rings. The van der Waals surface area contributed by atoms with Gasteiger partial charge in [0.25, 0.3) is 0 Å². The van der Waals surface area contributed by atoms with E-state index in [0.717, 1.165) is 32.1 Å². The molecule has 0 aliphatic carbocycles. The highest BCUT2D eigenvalue weighted by molar-refractivity contribution is 5.79. The van der Waals surface area contributed by atoms with E-state index >= 15 is 0 Å². The molecule has 0 aromatic heterocycles. The van der Waals surface area contributed by atoms with E-state index in [1.54, 1.807) is 0 Å². The van der Waals surface area contributed by atoms with Crippen molar-refractivity contribution in [3.8, 4) is 0 Å². The summed E-state index contributed by atoms with van der Waals surface area (Å²) in [7, 11) is 0.